The van der Waals surface area contributed by atoms with Gasteiger partial charge in [0.25, 0.3) is 0 Å². The molecule has 1 heterocycles. The van der Waals surface area contributed by atoms with Gasteiger partial charge in [-0.2, -0.15) is 0 Å². The summed E-state index contributed by atoms with van der Waals surface area (Å²) in [7, 11) is 0. The highest BCUT2D eigenvalue weighted by molar-refractivity contribution is 5.86. The summed E-state index contributed by atoms with van der Waals surface area (Å²) < 4.78 is 11.6. The number of carbonyl (C=O) groups is 2. The van der Waals surface area contributed by atoms with Crippen LogP contribution in [0, 0.1) is 0 Å². The van der Waals surface area contributed by atoms with E-state index >= 15 is 0 Å². The van der Waals surface area contributed by atoms with Gasteiger partial charge in [0, 0.05) is 12.0 Å². The van der Waals surface area contributed by atoms with E-state index in [2.05, 4.69) is 10.6 Å². The van der Waals surface area contributed by atoms with E-state index in [0.717, 1.165) is 17.7 Å². The minimum Gasteiger partial charge on any atom is -0.488 e. The van der Waals surface area contributed by atoms with Crippen molar-refractivity contribution in [1.29, 1.82) is 0 Å². The van der Waals surface area contributed by atoms with E-state index in [1.807, 2.05) is 32.0 Å². The Morgan fingerprint density at radius 3 is 2.87 bits per heavy atom. The molecule has 2 rings (SSSR count). The van der Waals surface area contributed by atoms with Crippen LogP contribution in [-0.4, -0.2) is 36.7 Å². The number of hydrogen-bond donors (Lipinski definition) is 3. The van der Waals surface area contributed by atoms with Crippen molar-refractivity contribution < 1.29 is 19.1 Å². The first-order valence-corrected chi connectivity index (χ1v) is 7.56. The average Bonchev–Trinajstić information content (AvgIpc) is 2.77. The van der Waals surface area contributed by atoms with Crippen LogP contribution in [0.1, 0.15) is 26.3 Å². The summed E-state index contributed by atoms with van der Waals surface area (Å²) in [5.74, 6) is 1.13. The van der Waals surface area contributed by atoms with Crippen molar-refractivity contribution in [3.8, 4) is 11.5 Å². The molecule has 3 amide bonds. The molecule has 7 nitrogen and oxygen atoms in total. The van der Waals surface area contributed by atoms with Crippen LogP contribution in [0.25, 0.3) is 0 Å². The van der Waals surface area contributed by atoms with E-state index in [0.29, 0.717) is 18.9 Å². The van der Waals surface area contributed by atoms with Gasteiger partial charge < -0.3 is 25.8 Å². The second kappa shape index (κ2) is 6.76. The lowest BCUT2D eigenvalue weighted by Crippen LogP contribution is -2.47. The van der Waals surface area contributed by atoms with Crippen LogP contribution in [0.3, 0.4) is 0 Å². The Morgan fingerprint density at radius 1 is 1.43 bits per heavy atom. The Kier molecular flexibility index (Phi) is 4.98. The monoisotopic (exact) mass is 321 g/mol. The minimum atomic E-state index is -0.733. The maximum absolute atomic E-state index is 11.7. The normalized spacial score (nSPS) is 16.0. The minimum absolute atomic E-state index is 0.230. The molecular formula is C16H23N3O4. The molecule has 0 aliphatic carbocycles. The summed E-state index contributed by atoms with van der Waals surface area (Å²) >= 11 is 0. The average molecular weight is 321 g/mol. The summed E-state index contributed by atoms with van der Waals surface area (Å²) in [6.45, 7) is 6.24. The number of carbonyl (C=O) groups excluding carboxylic acids is 2. The predicted molar refractivity (Wildman–Crippen MR) is 85.5 cm³/mol. The SMILES string of the molecule is CC(NC(N)=O)C(=O)NCCOc1cccc2c1OC(C)(C)C2. The Hall–Kier alpha value is -2.44. The fourth-order valence-electron chi connectivity index (χ4n) is 2.47. The summed E-state index contributed by atoms with van der Waals surface area (Å²) in [6, 6.07) is 4.38. The highest BCUT2D eigenvalue weighted by Crippen LogP contribution is 2.41. The zero-order chi connectivity index (χ0) is 17.0. The van der Waals surface area contributed by atoms with Gasteiger partial charge in [-0.1, -0.05) is 12.1 Å². The molecule has 1 aliphatic heterocycles. The van der Waals surface area contributed by atoms with Crippen molar-refractivity contribution in [2.45, 2.75) is 38.8 Å². The van der Waals surface area contributed by atoms with Gasteiger partial charge in [0.05, 0.1) is 6.54 Å². The number of primary amides is 1. The molecule has 7 heteroatoms. The molecule has 23 heavy (non-hydrogen) atoms. The van der Waals surface area contributed by atoms with E-state index in [-0.39, 0.29) is 11.5 Å². The molecule has 126 valence electrons. The van der Waals surface area contributed by atoms with Crippen LogP contribution >= 0.6 is 0 Å². The number of hydrogen-bond acceptors (Lipinski definition) is 4. The van der Waals surface area contributed by atoms with Crippen LogP contribution in [0.4, 0.5) is 4.79 Å². The summed E-state index contributed by atoms with van der Waals surface area (Å²) in [4.78, 5) is 22.4. The second-order valence-electron chi connectivity index (χ2n) is 6.15. The van der Waals surface area contributed by atoms with E-state index in [9.17, 15) is 9.59 Å². The van der Waals surface area contributed by atoms with Gasteiger partial charge in [-0.3, -0.25) is 4.79 Å². The van der Waals surface area contributed by atoms with Crippen LogP contribution < -0.4 is 25.8 Å². The van der Waals surface area contributed by atoms with Crippen molar-refractivity contribution in [2.75, 3.05) is 13.2 Å². The van der Waals surface area contributed by atoms with Crippen molar-refractivity contribution in [2.24, 2.45) is 5.73 Å². The second-order valence-corrected chi connectivity index (χ2v) is 6.15. The first kappa shape index (κ1) is 16.9. The van der Waals surface area contributed by atoms with Gasteiger partial charge in [0.2, 0.25) is 5.91 Å². The van der Waals surface area contributed by atoms with Crippen LogP contribution in [0.15, 0.2) is 18.2 Å². The number of para-hydroxylation sites is 1. The molecule has 1 aliphatic rings. The number of nitrogens with two attached hydrogens (primary N) is 1. The zero-order valence-electron chi connectivity index (χ0n) is 13.6. The number of nitrogens with one attached hydrogen (secondary N) is 2. The van der Waals surface area contributed by atoms with Crippen molar-refractivity contribution in [3.63, 3.8) is 0 Å². The number of ether oxygens (including phenoxy) is 2. The van der Waals surface area contributed by atoms with Gasteiger partial charge in [-0.05, 0) is 26.8 Å². The highest BCUT2D eigenvalue weighted by Gasteiger charge is 2.32. The molecule has 0 fully saturated rings. The molecular weight excluding hydrogens is 298 g/mol. The van der Waals surface area contributed by atoms with Crippen molar-refractivity contribution in [1.82, 2.24) is 10.6 Å². The third-order valence-corrected chi connectivity index (χ3v) is 3.47. The topological polar surface area (TPSA) is 103 Å². The van der Waals surface area contributed by atoms with Crippen molar-refractivity contribution in [3.05, 3.63) is 23.8 Å². The van der Waals surface area contributed by atoms with Gasteiger partial charge in [-0.25, -0.2) is 4.79 Å². The third kappa shape index (κ3) is 4.51. The lowest BCUT2D eigenvalue weighted by molar-refractivity contribution is -0.122. The molecule has 1 aromatic carbocycles. The van der Waals surface area contributed by atoms with Crippen LogP contribution in [-0.2, 0) is 11.2 Å². The van der Waals surface area contributed by atoms with Gasteiger partial charge in [0.1, 0.15) is 18.2 Å². The lowest BCUT2D eigenvalue weighted by atomic mass is 10.0. The quantitative estimate of drug-likeness (QED) is 0.679. The predicted octanol–water partition coefficient (Wildman–Crippen LogP) is 0.952. The molecule has 0 aromatic heterocycles. The smallest absolute Gasteiger partial charge is 0.312 e. The summed E-state index contributed by atoms with van der Waals surface area (Å²) in [6.07, 6.45) is 0.840. The van der Waals surface area contributed by atoms with Crippen LogP contribution in [0.2, 0.25) is 0 Å². The zero-order valence-corrected chi connectivity index (χ0v) is 13.6. The van der Waals surface area contributed by atoms with Gasteiger partial charge in [0.15, 0.2) is 11.5 Å². The molecule has 0 saturated carbocycles. The molecule has 0 saturated heterocycles. The van der Waals surface area contributed by atoms with E-state index < -0.39 is 12.1 Å². The Balaban J connectivity index is 1.81. The van der Waals surface area contributed by atoms with E-state index in [1.54, 1.807) is 6.92 Å². The molecule has 1 atom stereocenters. The van der Waals surface area contributed by atoms with E-state index in [4.69, 9.17) is 15.2 Å². The van der Waals surface area contributed by atoms with Crippen LogP contribution in [0.5, 0.6) is 11.5 Å². The number of urea groups is 1. The molecule has 1 unspecified atom stereocenters. The van der Waals surface area contributed by atoms with Gasteiger partial charge in [-0.15, -0.1) is 0 Å². The van der Waals surface area contributed by atoms with Crippen molar-refractivity contribution >= 4 is 11.9 Å². The fraction of sp³-hybridized carbons (Fsp3) is 0.500. The largest absolute Gasteiger partial charge is 0.488 e. The van der Waals surface area contributed by atoms with E-state index in [1.165, 1.54) is 0 Å². The van der Waals surface area contributed by atoms with Gasteiger partial charge >= 0.3 is 6.03 Å². The number of rotatable bonds is 6. The Bertz CT molecular complexity index is 601. The molecule has 0 bridgehead atoms. The third-order valence-electron chi connectivity index (χ3n) is 3.47. The Labute approximate surface area is 135 Å². The fourth-order valence-corrected chi connectivity index (χ4v) is 2.47. The maximum Gasteiger partial charge on any atom is 0.312 e. The molecule has 4 N–H and O–H groups in total. The molecule has 0 spiro atoms. The maximum atomic E-state index is 11.7. The first-order valence-electron chi connectivity index (χ1n) is 7.56. The number of fused-ring (bicyclic) bond motifs is 1. The lowest BCUT2D eigenvalue weighted by Gasteiger charge is -2.18. The standard InChI is InChI=1S/C16H23N3O4/c1-10(19-15(17)21)14(20)18-7-8-22-12-6-4-5-11-9-16(2,3)23-13(11)12/h4-6,10H,7-9H2,1-3H3,(H,18,20)(H3,17,19,21). The first-order chi connectivity index (χ1) is 10.8. The molecule has 1 aromatic rings. The number of benzene rings is 1. The highest BCUT2D eigenvalue weighted by atomic mass is 16.5. The number of amides is 3. The Morgan fingerprint density at radius 2 is 2.17 bits per heavy atom. The molecule has 0 radical (unpaired) electrons. The summed E-state index contributed by atoms with van der Waals surface area (Å²) in [5.41, 5.74) is 5.86. The summed E-state index contributed by atoms with van der Waals surface area (Å²) in [5, 5.41) is 4.98.